The molecule has 1 aromatic heterocycles. The smallest absolute Gasteiger partial charge is 0.242 e. The molecule has 0 radical (unpaired) electrons. The van der Waals surface area contributed by atoms with Crippen LogP contribution in [0.25, 0.3) is 11.0 Å². The Morgan fingerprint density at radius 1 is 0.868 bits per heavy atom. The number of benzene rings is 3. The first kappa shape index (κ1) is 26.8. The van der Waals surface area contributed by atoms with Gasteiger partial charge < -0.3 is 14.2 Å². The van der Waals surface area contributed by atoms with Gasteiger partial charge in [0.2, 0.25) is 11.8 Å². The minimum absolute atomic E-state index is 0.00933. The molecule has 4 rings (SSSR count). The van der Waals surface area contributed by atoms with Gasteiger partial charge in [0.1, 0.15) is 17.9 Å². The molecule has 0 N–H and O–H groups in total. The average molecular weight is 515 g/mol. The molecule has 38 heavy (non-hydrogen) atoms. The fourth-order valence-electron chi connectivity index (χ4n) is 4.30. The van der Waals surface area contributed by atoms with Crippen LogP contribution in [0.2, 0.25) is 0 Å². The van der Waals surface area contributed by atoms with E-state index in [2.05, 4.69) is 0 Å². The van der Waals surface area contributed by atoms with Crippen molar-refractivity contribution in [2.75, 3.05) is 6.54 Å². The highest BCUT2D eigenvalue weighted by atomic mass is 19.1. The highest BCUT2D eigenvalue weighted by Gasteiger charge is 2.26. The van der Waals surface area contributed by atoms with E-state index in [1.807, 2.05) is 44.2 Å². The van der Waals surface area contributed by atoms with Crippen LogP contribution in [0.1, 0.15) is 37.0 Å². The van der Waals surface area contributed by atoms with E-state index in [0.29, 0.717) is 28.5 Å². The number of nitrogens with zero attached hydrogens (tertiary/aromatic N) is 2. The molecular weight excluding hydrogens is 483 g/mol. The summed E-state index contributed by atoms with van der Waals surface area (Å²) in [6.45, 7) is 3.88. The van der Waals surface area contributed by atoms with E-state index in [1.165, 1.54) is 23.3 Å². The van der Waals surface area contributed by atoms with Crippen molar-refractivity contribution in [1.29, 1.82) is 0 Å². The third kappa shape index (κ3) is 6.54. The fraction of sp³-hybridized carbons (Fsp3) is 0.258. The minimum atomic E-state index is -0.378. The molecule has 2 amide bonds. The molecule has 0 bridgehead atoms. The minimum Gasteiger partial charge on any atom is -0.464 e. The van der Waals surface area contributed by atoms with E-state index in [4.69, 9.17) is 4.42 Å². The highest BCUT2D eigenvalue weighted by Crippen LogP contribution is 2.16. The molecule has 1 unspecified atom stereocenters. The second kappa shape index (κ2) is 12.3. The number of hydrogen-bond donors (Lipinski definition) is 0. The number of hydrogen-bond acceptors (Lipinski definition) is 4. The van der Waals surface area contributed by atoms with E-state index in [-0.39, 0.29) is 55.2 Å². The van der Waals surface area contributed by atoms with Crippen LogP contribution in [0, 0.1) is 5.82 Å². The van der Waals surface area contributed by atoms with Gasteiger partial charge in [0, 0.05) is 12.6 Å². The van der Waals surface area contributed by atoms with E-state index >= 15 is 0 Å². The van der Waals surface area contributed by atoms with Crippen LogP contribution in [0.3, 0.4) is 0 Å². The summed E-state index contributed by atoms with van der Waals surface area (Å²) in [6, 6.07) is 22.1. The van der Waals surface area contributed by atoms with Gasteiger partial charge in [-0.1, -0.05) is 61.5 Å². The molecule has 0 saturated heterocycles. The molecule has 1 heterocycles. The maximum atomic E-state index is 13.7. The van der Waals surface area contributed by atoms with Crippen LogP contribution in [0.15, 0.2) is 94.3 Å². The molecule has 196 valence electrons. The lowest BCUT2D eigenvalue weighted by atomic mass is 10.1. The topological polar surface area (TPSA) is 70.8 Å². The zero-order chi connectivity index (χ0) is 27.1. The second-order valence-corrected chi connectivity index (χ2v) is 9.40. The molecule has 0 aliphatic carbocycles. The summed E-state index contributed by atoms with van der Waals surface area (Å²) in [5.74, 6) is -0.842. The summed E-state index contributed by atoms with van der Waals surface area (Å²) in [4.78, 5) is 43.2. The SMILES string of the molecule is CCC(C)N(CC(=O)N(Cc1ccc(F)cc1)Cc1coc2ccccc2c1=O)C(=O)Cc1ccccc1. The molecule has 0 spiro atoms. The quantitative estimate of drug-likeness (QED) is 0.287. The fourth-order valence-corrected chi connectivity index (χ4v) is 4.30. The Kier molecular flexibility index (Phi) is 8.69. The first-order chi connectivity index (χ1) is 18.4. The number of fused-ring (bicyclic) bond motifs is 1. The van der Waals surface area contributed by atoms with Gasteiger partial charge in [-0.3, -0.25) is 14.4 Å². The molecule has 0 aliphatic rings. The molecular formula is C31H31FN2O4. The first-order valence-electron chi connectivity index (χ1n) is 12.7. The number of rotatable bonds is 10. The zero-order valence-electron chi connectivity index (χ0n) is 21.6. The predicted octanol–water partition coefficient (Wildman–Crippen LogP) is 5.33. The van der Waals surface area contributed by atoms with Gasteiger partial charge in [0.05, 0.1) is 30.2 Å². The predicted molar refractivity (Wildman–Crippen MR) is 145 cm³/mol. The third-order valence-electron chi connectivity index (χ3n) is 6.70. The Hall–Kier alpha value is -4.26. The standard InChI is InChI=1S/C31H31FN2O4/c1-3-22(2)34(29(35)17-23-9-5-4-6-10-23)20-30(36)33(18-24-13-15-26(32)16-14-24)19-25-21-38-28-12-8-7-11-27(28)31(25)37/h4-16,21-22H,3,17-20H2,1-2H3. The first-order valence-corrected chi connectivity index (χ1v) is 12.7. The van der Waals surface area contributed by atoms with Crippen LogP contribution in [-0.2, 0) is 29.1 Å². The number of carbonyl (C=O) groups is 2. The van der Waals surface area contributed by atoms with Crippen LogP contribution in [0.4, 0.5) is 4.39 Å². The number of amides is 2. The largest absolute Gasteiger partial charge is 0.464 e. The van der Waals surface area contributed by atoms with Crippen molar-refractivity contribution < 1.29 is 18.4 Å². The van der Waals surface area contributed by atoms with Crippen molar-refractivity contribution in [3.63, 3.8) is 0 Å². The Bertz CT molecular complexity index is 1450. The monoisotopic (exact) mass is 514 g/mol. The molecule has 0 aliphatic heterocycles. The van der Waals surface area contributed by atoms with Gasteiger partial charge in [-0.25, -0.2) is 4.39 Å². The molecule has 7 heteroatoms. The van der Waals surface area contributed by atoms with Crippen LogP contribution in [0.5, 0.6) is 0 Å². The molecule has 6 nitrogen and oxygen atoms in total. The maximum absolute atomic E-state index is 13.7. The second-order valence-electron chi connectivity index (χ2n) is 9.40. The Labute approximate surface area is 221 Å². The zero-order valence-corrected chi connectivity index (χ0v) is 21.6. The maximum Gasteiger partial charge on any atom is 0.242 e. The molecule has 3 aromatic carbocycles. The number of carbonyl (C=O) groups excluding carboxylic acids is 2. The summed E-state index contributed by atoms with van der Waals surface area (Å²) >= 11 is 0. The number of halogens is 1. The molecule has 1 atom stereocenters. The van der Waals surface area contributed by atoms with E-state index in [1.54, 1.807) is 41.3 Å². The van der Waals surface area contributed by atoms with Gasteiger partial charge in [0.15, 0.2) is 5.43 Å². The van der Waals surface area contributed by atoms with Crippen molar-refractivity contribution in [3.05, 3.63) is 118 Å². The summed E-state index contributed by atoms with van der Waals surface area (Å²) < 4.78 is 19.2. The summed E-state index contributed by atoms with van der Waals surface area (Å²) in [5.41, 5.74) is 2.14. The molecule has 4 aromatic rings. The summed E-state index contributed by atoms with van der Waals surface area (Å²) in [7, 11) is 0. The normalized spacial score (nSPS) is 11.8. The van der Waals surface area contributed by atoms with E-state index in [0.717, 1.165) is 5.56 Å². The van der Waals surface area contributed by atoms with Crippen LogP contribution >= 0.6 is 0 Å². The Morgan fingerprint density at radius 3 is 2.26 bits per heavy atom. The van der Waals surface area contributed by atoms with Crippen molar-refractivity contribution in [2.24, 2.45) is 0 Å². The summed E-state index contributed by atoms with van der Waals surface area (Å²) in [6.07, 6.45) is 2.24. The van der Waals surface area contributed by atoms with Gasteiger partial charge >= 0.3 is 0 Å². The third-order valence-corrected chi connectivity index (χ3v) is 6.70. The van der Waals surface area contributed by atoms with E-state index in [9.17, 15) is 18.8 Å². The number of para-hydroxylation sites is 1. The Morgan fingerprint density at radius 2 is 1.55 bits per heavy atom. The average Bonchev–Trinajstić information content (AvgIpc) is 2.94. The van der Waals surface area contributed by atoms with Gasteiger partial charge in [-0.05, 0) is 48.7 Å². The lowest BCUT2D eigenvalue weighted by Crippen LogP contribution is -2.47. The molecule has 0 fully saturated rings. The lowest BCUT2D eigenvalue weighted by Gasteiger charge is -2.31. The summed E-state index contributed by atoms with van der Waals surface area (Å²) in [5, 5.41) is 0.429. The molecule has 0 saturated carbocycles. The van der Waals surface area contributed by atoms with E-state index < -0.39 is 0 Å². The van der Waals surface area contributed by atoms with Crippen molar-refractivity contribution >= 4 is 22.8 Å². The van der Waals surface area contributed by atoms with Gasteiger partial charge in [0.25, 0.3) is 0 Å². The van der Waals surface area contributed by atoms with Gasteiger partial charge in [-0.2, -0.15) is 0 Å². The van der Waals surface area contributed by atoms with Gasteiger partial charge in [-0.15, -0.1) is 0 Å². The lowest BCUT2D eigenvalue weighted by molar-refractivity contribution is -0.142. The van der Waals surface area contributed by atoms with Crippen molar-refractivity contribution in [1.82, 2.24) is 9.80 Å². The van der Waals surface area contributed by atoms with Crippen molar-refractivity contribution in [2.45, 2.75) is 45.8 Å². The van der Waals surface area contributed by atoms with Crippen LogP contribution < -0.4 is 5.43 Å². The van der Waals surface area contributed by atoms with Crippen LogP contribution in [-0.4, -0.2) is 34.2 Å². The van der Waals surface area contributed by atoms with Crippen molar-refractivity contribution in [3.8, 4) is 0 Å². The highest BCUT2D eigenvalue weighted by molar-refractivity contribution is 5.86. The Balaban J connectivity index is 1.61.